The second kappa shape index (κ2) is 9.32. The lowest BCUT2D eigenvalue weighted by atomic mass is 10.0. The first-order valence-corrected chi connectivity index (χ1v) is 10.8. The molecular weight excluding hydrogens is 420 g/mol. The molecule has 5 nitrogen and oxygen atoms in total. The zero-order chi connectivity index (χ0) is 20.9. The molecule has 0 radical (unpaired) electrons. The molecule has 1 unspecified atom stereocenters. The third kappa shape index (κ3) is 4.83. The van der Waals surface area contributed by atoms with Crippen LogP contribution in [0, 0.1) is 0 Å². The molecule has 0 N–H and O–H groups in total. The smallest absolute Gasteiger partial charge is 0.264 e. The number of nitrogens with zero attached hydrogens (tertiary/aromatic N) is 2. The predicted octanol–water partition coefficient (Wildman–Crippen LogP) is 5.25. The Labute approximate surface area is 184 Å². The fraction of sp³-hybridized carbons (Fsp3) is 0.217. The molecule has 1 aliphatic rings. The summed E-state index contributed by atoms with van der Waals surface area (Å²) < 4.78 is 5.21. The highest BCUT2D eigenvalue weighted by Crippen LogP contribution is 2.23. The molecule has 1 atom stereocenters. The number of ether oxygens (including phenoxy) is 1. The van der Waals surface area contributed by atoms with Crippen LogP contribution in [0.25, 0.3) is 0 Å². The van der Waals surface area contributed by atoms with Gasteiger partial charge >= 0.3 is 0 Å². The third-order valence-electron chi connectivity index (χ3n) is 4.86. The van der Waals surface area contributed by atoms with Gasteiger partial charge in [0, 0.05) is 18.0 Å². The number of methoxy groups -OCH3 is 1. The van der Waals surface area contributed by atoms with E-state index in [1.807, 2.05) is 66.0 Å². The molecule has 0 bridgehead atoms. The molecule has 0 aliphatic carbocycles. The van der Waals surface area contributed by atoms with Crippen molar-refractivity contribution in [3.63, 3.8) is 0 Å². The summed E-state index contributed by atoms with van der Waals surface area (Å²) in [6.45, 7) is 0.890. The van der Waals surface area contributed by atoms with Crippen molar-refractivity contribution in [2.24, 2.45) is 5.16 Å². The summed E-state index contributed by atoms with van der Waals surface area (Å²) in [4.78, 5) is 21.3. The Bertz CT molecular complexity index is 1030. The van der Waals surface area contributed by atoms with Crippen LogP contribution in [0.2, 0.25) is 5.02 Å². The van der Waals surface area contributed by atoms with Crippen molar-refractivity contribution in [3.05, 3.63) is 87.1 Å². The van der Waals surface area contributed by atoms with Crippen molar-refractivity contribution >= 4 is 34.6 Å². The van der Waals surface area contributed by atoms with Gasteiger partial charge in [0.15, 0.2) is 6.10 Å². The predicted molar refractivity (Wildman–Crippen MR) is 120 cm³/mol. The van der Waals surface area contributed by atoms with Crippen LogP contribution >= 0.6 is 22.9 Å². The van der Waals surface area contributed by atoms with E-state index in [9.17, 15) is 4.79 Å². The molecule has 30 heavy (non-hydrogen) atoms. The Kier molecular flexibility index (Phi) is 6.35. The Balaban J connectivity index is 1.47. The second-order valence-corrected chi connectivity index (χ2v) is 8.38. The Morgan fingerprint density at radius 1 is 1.23 bits per heavy atom. The van der Waals surface area contributed by atoms with Gasteiger partial charge in [-0.15, -0.1) is 11.3 Å². The van der Waals surface area contributed by atoms with E-state index in [1.54, 1.807) is 12.0 Å². The normalized spacial score (nSPS) is 15.4. The monoisotopic (exact) mass is 440 g/mol. The lowest BCUT2D eigenvalue weighted by molar-refractivity contribution is 0.0408. The molecule has 2 aromatic carbocycles. The number of carbonyl (C=O) groups excluding carboxylic acids is 1. The van der Waals surface area contributed by atoms with Crippen LogP contribution in [0.15, 0.2) is 71.2 Å². The number of benzene rings is 2. The maximum absolute atomic E-state index is 13.1. The number of oxime groups is 1. The number of thiophene rings is 1. The molecule has 0 spiro atoms. The summed E-state index contributed by atoms with van der Waals surface area (Å²) in [6.07, 6.45) is 0.431. The number of hydrogen-bond acceptors (Lipinski definition) is 5. The van der Waals surface area contributed by atoms with Gasteiger partial charge in [-0.05, 0) is 59.0 Å². The number of amides is 1. The Hall–Kier alpha value is -2.83. The molecule has 0 saturated carbocycles. The molecule has 1 aromatic heterocycles. The fourth-order valence-corrected chi connectivity index (χ4v) is 4.26. The number of halogens is 1. The topological polar surface area (TPSA) is 51.1 Å². The molecule has 1 amide bonds. The van der Waals surface area contributed by atoms with E-state index in [-0.39, 0.29) is 12.0 Å². The Morgan fingerprint density at radius 3 is 2.77 bits per heavy atom. The lowest BCUT2D eigenvalue weighted by Gasteiger charge is -2.24. The zero-order valence-electron chi connectivity index (χ0n) is 16.5. The Morgan fingerprint density at radius 2 is 2.07 bits per heavy atom. The average Bonchev–Trinajstić information content (AvgIpc) is 3.45. The van der Waals surface area contributed by atoms with Crippen molar-refractivity contribution in [3.8, 4) is 5.75 Å². The van der Waals surface area contributed by atoms with Gasteiger partial charge in [0.1, 0.15) is 5.75 Å². The van der Waals surface area contributed by atoms with E-state index in [0.717, 1.165) is 22.6 Å². The number of carbonyl (C=O) groups is 1. The van der Waals surface area contributed by atoms with Crippen LogP contribution < -0.4 is 4.74 Å². The summed E-state index contributed by atoms with van der Waals surface area (Å²) in [5.41, 5.74) is 2.83. The standard InChI is InChI=1S/C23H21ClN2O3S/c1-28-19-9-7-17(8-10-19)21-13-20(29-25-21)15-26(23(27)22-6-3-11-30-22)14-16-4-2-5-18(24)12-16/h2-12,20H,13-15H2,1H3. The molecule has 7 heteroatoms. The first kappa shape index (κ1) is 20.4. The first-order valence-electron chi connectivity index (χ1n) is 9.56. The molecule has 0 saturated heterocycles. The quantitative estimate of drug-likeness (QED) is 0.504. The van der Waals surface area contributed by atoms with Crippen LogP contribution in [-0.4, -0.2) is 36.3 Å². The van der Waals surface area contributed by atoms with Crippen molar-refractivity contribution in [2.75, 3.05) is 13.7 Å². The highest BCUT2D eigenvalue weighted by atomic mass is 35.5. The van der Waals surface area contributed by atoms with Gasteiger partial charge in [-0.1, -0.05) is 35.0 Å². The van der Waals surface area contributed by atoms with Crippen molar-refractivity contribution in [1.82, 2.24) is 4.90 Å². The molecule has 2 heterocycles. The van der Waals surface area contributed by atoms with E-state index in [0.29, 0.717) is 29.4 Å². The van der Waals surface area contributed by atoms with Gasteiger partial charge in [-0.2, -0.15) is 0 Å². The van der Waals surface area contributed by atoms with E-state index < -0.39 is 0 Å². The summed E-state index contributed by atoms with van der Waals surface area (Å²) in [7, 11) is 1.64. The van der Waals surface area contributed by atoms with Crippen LogP contribution in [0.1, 0.15) is 27.2 Å². The van der Waals surface area contributed by atoms with Crippen molar-refractivity contribution in [1.29, 1.82) is 0 Å². The van der Waals surface area contributed by atoms with Gasteiger partial charge in [-0.25, -0.2) is 0 Å². The molecular formula is C23H21ClN2O3S. The zero-order valence-corrected chi connectivity index (χ0v) is 18.0. The highest BCUT2D eigenvalue weighted by Gasteiger charge is 2.27. The molecule has 0 fully saturated rings. The molecule has 3 aromatic rings. The van der Waals surface area contributed by atoms with Gasteiger partial charge in [0.2, 0.25) is 0 Å². The average molecular weight is 441 g/mol. The number of rotatable bonds is 7. The fourth-order valence-electron chi connectivity index (χ4n) is 3.36. The van der Waals surface area contributed by atoms with Gasteiger partial charge in [-0.3, -0.25) is 4.79 Å². The summed E-state index contributed by atoms with van der Waals surface area (Å²) in [6, 6.07) is 19.0. The number of hydrogen-bond donors (Lipinski definition) is 0. The van der Waals surface area contributed by atoms with E-state index >= 15 is 0 Å². The van der Waals surface area contributed by atoms with E-state index in [1.165, 1.54) is 11.3 Å². The van der Waals surface area contributed by atoms with Crippen LogP contribution in [0.3, 0.4) is 0 Å². The molecule has 154 valence electrons. The first-order chi connectivity index (χ1) is 14.6. The molecule has 4 rings (SSSR count). The third-order valence-corrected chi connectivity index (χ3v) is 5.95. The van der Waals surface area contributed by atoms with E-state index in [4.69, 9.17) is 21.2 Å². The summed E-state index contributed by atoms with van der Waals surface area (Å²) in [5.74, 6) is 0.774. The van der Waals surface area contributed by atoms with E-state index in [2.05, 4.69) is 5.16 Å². The summed E-state index contributed by atoms with van der Waals surface area (Å²) in [5, 5.41) is 6.81. The maximum atomic E-state index is 13.1. The maximum Gasteiger partial charge on any atom is 0.264 e. The molecule has 1 aliphatic heterocycles. The lowest BCUT2D eigenvalue weighted by Crippen LogP contribution is -2.37. The van der Waals surface area contributed by atoms with Crippen LogP contribution in [0.4, 0.5) is 0 Å². The minimum absolute atomic E-state index is 0.0218. The largest absolute Gasteiger partial charge is 0.497 e. The second-order valence-electron chi connectivity index (χ2n) is 6.99. The summed E-state index contributed by atoms with van der Waals surface area (Å²) >= 11 is 7.57. The van der Waals surface area contributed by atoms with Crippen molar-refractivity contribution < 1.29 is 14.4 Å². The minimum atomic E-state index is -0.204. The highest BCUT2D eigenvalue weighted by molar-refractivity contribution is 7.12. The van der Waals surface area contributed by atoms with Gasteiger partial charge in [0.25, 0.3) is 5.91 Å². The van der Waals surface area contributed by atoms with Crippen LogP contribution in [-0.2, 0) is 11.4 Å². The van der Waals surface area contributed by atoms with Gasteiger partial charge < -0.3 is 14.5 Å². The SMILES string of the molecule is COc1ccc(C2=NOC(CN(Cc3cccc(Cl)c3)C(=O)c3cccs3)C2)cc1. The minimum Gasteiger partial charge on any atom is -0.497 e. The van der Waals surface area contributed by atoms with Crippen LogP contribution in [0.5, 0.6) is 5.75 Å². The van der Waals surface area contributed by atoms with Crippen molar-refractivity contribution in [2.45, 2.75) is 19.1 Å². The van der Waals surface area contributed by atoms with Gasteiger partial charge in [0.05, 0.1) is 24.2 Å².